The molecule has 216 valence electrons. The van der Waals surface area contributed by atoms with Gasteiger partial charge in [-0.05, 0) is 74.7 Å². The molecule has 39 heavy (non-hydrogen) atoms. The second kappa shape index (κ2) is 17.4. The molecule has 1 fully saturated rings. The molecule has 0 saturated heterocycles. The number of carboxylic acids is 1. The van der Waals surface area contributed by atoms with Gasteiger partial charge in [-0.2, -0.15) is 8.78 Å². The number of carboxylic acid groups (broad SMARTS) is 1. The third-order valence-corrected chi connectivity index (χ3v) is 6.13. The number of carbonyl (C=O) groups is 2. The molecule has 1 aromatic heterocycles. The number of amides is 1. The summed E-state index contributed by atoms with van der Waals surface area (Å²) in [7, 11) is 1.58. The van der Waals surface area contributed by atoms with E-state index in [-0.39, 0.29) is 11.0 Å². The van der Waals surface area contributed by atoms with Crippen LogP contribution in [0.15, 0.2) is 24.3 Å². The molecule has 2 N–H and O–H groups in total. The molecule has 0 spiro atoms. The monoisotopic (exact) mass is 569 g/mol. The third-order valence-electron chi connectivity index (χ3n) is 5.85. The van der Waals surface area contributed by atoms with Gasteiger partial charge in [0.2, 0.25) is 11.7 Å². The van der Waals surface area contributed by atoms with Gasteiger partial charge in [0.15, 0.2) is 0 Å². The standard InChI is InChI=1S/C18H19ClF2N2O2.C8H15NO.C2H4O2/c1-12-15(8-9-18(2,3)24-4)22-16(19)23(12)11-13-6-5-7-14(10-13)25-17(20)21;10-7-9-6-8-4-2-1-3-5-8;1-2(3)4/h5-7,10,17H,11H2,1-4H3;7-8H,1-6H2,(H,9,10);1H3,(H,3,4). The number of hydrogen-bond acceptors (Lipinski definition) is 5. The number of ether oxygens (including phenoxy) is 2. The Hall–Kier alpha value is -3.16. The van der Waals surface area contributed by atoms with Gasteiger partial charge in [0.05, 0.1) is 12.2 Å². The van der Waals surface area contributed by atoms with Crippen LogP contribution >= 0.6 is 11.6 Å². The summed E-state index contributed by atoms with van der Waals surface area (Å²) >= 11 is 6.21. The predicted octanol–water partition coefficient (Wildman–Crippen LogP) is 5.67. The van der Waals surface area contributed by atoms with Crippen LogP contribution in [0.1, 0.15) is 69.8 Å². The number of halogens is 3. The number of imidazole rings is 1. The van der Waals surface area contributed by atoms with Crippen LogP contribution in [0.2, 0.25) is 5.28 Å². The molecule has 1 aliphatic carbocycles. The first kappa shape index (κ1) is 33.9. The van der Waals surface area contributed by atoms with E-state index in [0.29, 0.717) is 12.2 Å². The van der Waals surface area contributed by atoms with E-state index in [4.69, 9.17) is 26.2 Å². The number of hydrogen-bond donors (Lipinski definition) is 2. The van der Waals surface area contributed by atoms with E-state index in [0.717, 1.165) is 37.1 Å². The van der Waals surface area contributed by atoms with Crippen LogP contribution in [-0.2, 0) is 20.9 Å². The Morgan fingerprint density at radius 2 is 1.97 bits per heavy atom. The minimum Gasteiger partial charge on any atom is -0.481 e. The predicted molar refractivity (Wildman–Crippen MR) is 146 cm³/mol. The number of benzene rings is 1. The SMILES string of the molecule is CC(=O)O.COC(C)(C)C#Cc1nc(Cl)n(Cc2cccc(OC(F)F)c2)c1C.O=CNCC1CCCCC1. The molecule has 8 nitrogen and oxygen atoms in total. The number of methoxy groups -OCH3 is 1. The smallest absolute Gasteiger partial charge is 0.387 e. The molecular weight excluding hydrogens is 532 g/mol. The fraction of sp³-hybridized carbons (Fsp3) is 0.536. The Bertz CT molecular complexity index is 1100. The molecule has 11 heteroatoms. The van der Waals surface area contributed by atoms with Crippen molar-refractivity contribution in [2.24, 2.45) is 5.92 Å². The molecule has 1 aromatic carbocycles. The van der Waals surface area contributed by atoms with Gasteiger partial charge >= 0.3 is 6.61 Å². The van der Waals surface area contributed by atoms with E-state index in [2.05, 4.69) is 26.9 Å². The molecular formula is C28H38ClF2N3O5. The molecule has 0 aliphatic heterocycles. The zero-order valence-electron chi connectivity index (χ0n) is 23.1. The highest BCUT2D eigenvalue weighted by molar-refractivity contribution is 6.28. The van der Waals surface area contributed by atoms with Crippen molar-refractivity contribution in [3.05, 3.63) is 46.5 Å². The third kappa shape index (κ3) is 14.0. The molecule has 0 radical (unpaired) electrons. The van der Waals surface area contributed by atoms with Crippen molar-refractivity contribution in [3.63, 3.8) is 0 Å². The average Bonchev–Trinajstić information content (AvgIpc) is 3.14. The van der Waals surface area contributed by atoms with Gasteiger partial charge in [0, 0.05) is 20.6 Å². The minimum absolute atomic E-state index is 0.100. The van der Waals surface area contributed by atoms with E-state index in [9.17, 15) is 13.6 Å². The van der Waals surface area contributed by atoms with Crippen molar-refractivity contribution in [2.75, 3.05) is 13.7 Å². The molecule has 3 rings (SSSR count). The van der Waals surface area contributed by atoms with E-state index in [1.165, 1.54) is 38.2 Å². The van der Waals surface area contributed by atoms with Crippen molar-refractivity contribution in [3.8, 4) is 17.6 Å². The number of aromatic nitrogens is 2. The molecule has 0 unspecified atom stereocenters. The van der Waals surface area contributed by atoms with Crippen LogP contribution in [0, 0.1) is 24.7 Å². The van der Waals surface area contributed by atoms with E-state index >= 15 is 0 Å². The van der Waals surface area contributed by atoms with Gasteiger partial charge in [-0.1, -0.05) is 37.3 Å². The quantitative estimate of drug-likeness (QED) is 0.313. The molecule has 1 saturated carbocycles. The fourth-order valence-corrected chi connectivity index (χ4v) is 3.94. The molecule has 0 atom stereocenters. The summed E-state index contributed by atoms with van der Waals surface area (Å²) in [6, 6.07) is 6.46. The second-order valence-corrected chi connectivity index (χ2v) is 9.78. The molecule has 1 aliphatic rings. The summed E-state index contributed by atoms with van der Waals surface area (Å²) in [5.41, 5.74) is 1.50. The Kier molecular flexibility index (Phi) is 15.1. The lowest BCUT2D eigenvalue weighted by Gasteiger charge is -2.20. The highest BCUT2D eigenvalue weighted by Gasteiger charge is 2.15. The maximum absolute atomic E-state index is 12.3. The van der Waals surface area contributed by atoms with Gasteiger partial charge < -0.3 is 24.5 Å². The summed E-state index contributed by atoms with van der Waals surface area (Å²) in [4.78, 5) is 23.2. The van der Waals surface area contributed by atoms with Gasteiger partial charge in [0.25, 0.3) is 5.97 Å². The first-order valence-electron chi connectivity index (χ1n) is 12.6. The van der Waals surface area contributed by atoms with E-state index in [1.54, 1.807) is 29.9 Å². The first-order chi connectivity index (χ1) is 18.4. The summed E-state index contributed by atoms with van der Waals surface area (Å²) in [5, 5.41) is 10.4. The van der Waals surface area contributed by atoms with Crippen molar-refractivity contribution < 1.29 is 33.0 Å². The number of alkyl halides is 2. The molecule has 0 bridgehead atoms. The van der Waals surface area contributed by atoms with Gasteiger partial charge in [0.1, 0.15) is 17.0 Å². The molecule has 1 heterocycles. The normalized spacial score (nSPS) is 13.2. The van der Waals surface area contributed by atoms with Crippen LogP contribution in [-0.4, -0.2) is 52.9 Å². The summed E-state index contributed by atoms with van der Waals surface area (Å²) in [6.07, 6.45) is 7.50. The summed E-state index contributed by atoms with van der Waals surface area (Å²) < 4.78 is 36.1. The lowest BCUT2D eigenvalue weighted by atomic mass is 9.89. The number of nitrogens with one attached hydrogen (secondary N) is 1. The van der Waals surface area contributed by atoms with Crippen molar-refractivity contribution in [2.45, 2.75) is 78.6 Å². The maximum atomic E-state index is 12.3. The Morgan fingerprint density at radius 1 is 1.33 bits per heavy atom. The second-order valence-electron chi connectivity index (χ2n) is 9.44. The topological polar surface area (TPSA) is 103 Å². The number of aliphatic carboxylic acids is 1. The van der Waals surface area contributed by atoms with Crippen molar-refractivity contribution >= 4 is 24.0 Å². The number of nitrogens with zero attached hydrogens (tertiary/aromatic N) is 2. The lowest BCUT2D eigenvalue weighted by Crippen LogP contribution is -2.22. The zero-order valence-corrected chi connectivity index (χ0v) is 23.9. The summed E-state index contributed by atoms with van der Waals surface area (Å²) in [5.74, 6) is 5.99. The zero-order chi connectivity index (χ0) is 29.4. The fourth-order valence-electron chi connectivity index (χ4n) is 3.67. The van der Waals surface area contributed by atoms with Crippen LogP contribution in [0.3, 0.4) is 0 Å². The van der Waals surface area contributed by atoms with Gasteiger partial charge in [-0.3, -0.25) is 9.59 Å². The average molecular weight is 570 g/mol. The number of carbonyl (C=O) groups excluding carboxylic acids is 1. The maximum Gasteiger partial charge on any atom is 0.387 e. The van der Waals surface area contributed by atoms with Crippen LogP contribution in [0.4, 0.5) is 8.78 Å². The Morgan fingerprint density at radius 3 is 2.54 bits per heavy atom. The van der Waals surface area contributed by atoms with Crippen LogP contribution in [0.25, 0.3) is 0 Å². The molecule has 2 aromatic rings. The van der Waals surface area contributed by atoms with Gasteiger partial charge in [-0.25, -0.2) is 4.98 Å². The molecule has 1 amide bonds. The Balaban J connectivity index is 0.000000446. The summed E-state index contributed by atoms with van der Waals surface area (Å²) in [6.45, 7) is 5.03. The highest BCUT2D eigenvalue weighted by atomic mass is 35.5. The highest BCUT2D eigenvalue weighted by Crippen LogP contribution is 2.23. The van der Waals surface area contributed by atoms with Crippen molar-refractivity contribution in [1.82, 2.24) is 14.9 Å². The first-order valence-corrected chi connectivity index (χ1v) is 13.0. The van der Waals surface area contributed by atoms with Crippen LogP contribution < -0.4 is 10.1 Å². The van der Waals surface area contributed by atoms with Crippen LogP contribution in [0.5, 0.6) is 5.75 Å². The van der Waals surface area contributed by atoms with E-state index in [1.807, 2.05) is 20.8 Å². The minimum atomic E-state index is -2.86. The van der Waals surface area contributed by atoms with E-state index < -0.39 is 18.2 Å². The largest absolute Gasteiger partial charge is 0.481 e. The Labute approximate surface area is 234 Å². The van der Waals surface area contributed by atoms with Crippen molar-refractivity contribution in [1.29, 1.82) is 0 Å². The van der Waals surface area contributed by atoms with Gasteiger partial charge in [-0.15, -0.1) is 0 Å². The lowest BCUT2D eigenvalue weighted by molar-refractivity contribution is -0.134. The number of rotatable bonds is 8.